The maximum absolute atomic E-state index is 13.3. The van der Waals surface area contributed by atoms with E-state index in [1.165, 1.54) is 6.07 Å². The molecule has 3 aromatic rings. The minimum Gasteiger partial charge on any atom is -0.478 e. The molecule has 0 fully saturated rings. The molecule has 3 aromatic carbocycles. The number of nitrogens with zero attached hydrogens (tertiary/aromatic N) is 4. The van der Waals surface area contributed by atoms with Gasteiger partial charge in [0.15, 0.2) is 0 Å². The van der Waals surface area contributed by atoms with E-state index in [4.69, 9.17) is 10.3 Å². The fraction of sp³-hybridized carbons (Fsp3) is 0.381. The standard InChI is InChI=1S/C42H49N5O7S/c1-25-17-36-33(19-30(25)26(2)22-41(3,4)5)38(29-14-13-27(18-32(29)40(49)50)39(48)44-15-11-9-10-12-16-45-46-43)34-20-31-28(24-55(51,52)53)23-42(6,7)47(8)35(31)21-37(34)54-36/h13-14,17-23H,1,9-12,15-16,24H2,2-8H3,(H,44,48)(H,49,50)(H,51,52,53)/b26-22-. The Morgan fingerprint density at radius 2 is 1.73 bits per heavy atom. The Hall–Kier alpha value is -5.36. The molecule has 5 rings (SSSR count). The lowest BCUT2D eigenvalue weighted by Gasteiger charge is -2.41. The number of rotatable bonds is 13. The minimum atomic E-state index is -4.42. The van der Waals surface area contributed by atoms with E-state index in [9.17, 15) is 27.7 Å². The molecule has 0 atom stereocenters. The molecule has 2 aliphatic rings. The van der Waals surface area contributed by atoms with Crippen LogP contribution in [0.15, 0.2) is 59.7 Å². The van der Waals surface area contributed by atoms with E-state index in [0.717, 1.165) is 35.6 Å². The third-order valence-corrected chi connectivity index (χ3v) is 10.6. The van der Waals surface area contributed by atoms with E-state index in [-0.39, 0.29) is 16.5 Å². The van der Waals surface area contributed by atoms with Crippen molar-refractivity contribution in [3.8, 4) is 11.5 Å². The van der Waals surface area contributed by atoms with E-state index >= 15 is 0 Å². The van der Waals surface area contributed by atoms with Crippen molar-refractivity contribution in [2.24, 2.45) is 10.5 Å². The lowest BCUT2D eigenvalue weighted by atomic mass is 9.83. The Kier molecular flexibility index (Phi) is 11.7. The zero-order valence-corrected chi connectivity index (χ0v) is 33.3. The van der Waals surface area contributed by atoms with Crippen LogP contribution >= 0.6 is 0 Å². The monoisotopic (exact) mass is 767 g/mol. The molecule has 13 heteroatoms. The van der Waals surface area contributed by atoms with Crippen molar-refractivity contribution in [1.82, 2.24) is 5.32 Å². The van der Waals surface area contributed by atoms with Gasteiger partial charge in [0.1, 0.15) is 17.3 Å². The van der Waals surface area contributed by atoms with Crippen LogP contribution in [0.4, 0.5) is 5.69 Å². The number of allylic oxidation sites excluding steroid dienone is 2. The Balaban J connectivity index is 1.71. The molecule has 0 unspecified atom stereocenters. The second kappa shape index (κ2) is 15.8. The Morgan fingerprint density at radius 3 is 2.38 bits per heavy atom. The number of nitrogens with one attached hydrogen (secondary N) is 1. The van der Waals surface area contributed by atoms with Crippen molar-refractivity contribution in [2.45, 2.75) is 72.8 Å². The van der Waals surface area contributed by atoms with Crippen LogP contribution in [-0.2, 0) is 10.1 Å². The molecule has 2 aliphatic heterocycles. The molecule has 55 heavy (non-hydrogen) atoms. The topological polar surface area (TPSA) is 182 Å². The zero-order chi connectivity index (χ0) is 40.5. The number of benzene rings is 3. The second-order valence-electron chi connectivity index (χ2n) is 15.8. The highest BCUT2D eigenvalue weighted by molar-refractivity contribution is 7.86. The SMILES string of the molecule is C=c1cc2c(cc1/C(C)=C\C(C)(C)C)=C(c1ccc(C(=O)NCCCCCCN=[N+]=[N-])cc1C(=O)O)c1cc3c(cc1O2)N(C)C(C)(C)C=C3CS(=O)(=O)O. The molecule has 0 saturated heterocycles. The Bertz CT molecular complexity index is 2400. The Labute approximate surface area is 322 Å². The smallest absolute Gasteiger partial charge is 0.336 e. The summed E-state index contributed by atoms with van der Waals surface area (Å²) in [6.07, 6.45) is 7.10. The average Bonchev–Trinajstić information content (AvgIpc) is 3.08. The molecular formula is C42H49N5O7S. The number of likely N-dealkylation sites (N-methyl/N-ethyl adjacent to an activating group) is 1. The van der Waals surface area contributed by atoms with Gasteiger partial charge >= 0.3 is 5.97 Å². The van der Waals surface area contributed by atoms with Crippen LogP contribution in [0.25, 0.3) is 33.7 Å². The van der Waals surface area contributed by atoms with Crippen LogP contribution < -0.4 is 25.4 Å². The predicted octanol–water partition coefficient (Wildman–Crippen LogP) is 7.70. The van der Waals surface area contributed by atoms with Crippen molar-refractivity contribution < 1.29 is 32.4 Å². The first-order valence-corrected chi connectivity index (χ1v) is 19.8. The fourth-order valence-electron chi connectivity index (χ4n) is 7.25. The summed E-state index contributed by atoms with van der Waals surface area (Å²) >= 11 is 0. The van der Waals surface area contributed by atoms with Crippen LogP contribution in [0.5, 0.6) is 11.5 Å². The number of carboxylic acids is 1. The summed E-state index contributed by atoms with van der Waals surface area (Å²) in [5.41, 5.74) is 12.5. The number of azide groups is 1. The fourth-order valence-corrected chi connectivity index (χ4v) is 7.88. The third kappa shape index (κ3) is 9.30. The van der Waals surface area contributed by atoms with E-state index in [2.05, 4.69) is 48.8 Å². The zero-order valence-electron chi connectivity index (χ0n) is 32.5. The number of carboxylic acid groups (broad SMARTS) is 1. The van der Waals surface area contributed by atoms with E-state index in [1.54, 1.807) is 24.3 Å². The number of unbranched alkanes of at least 4 members (excludes halogenated alkanes) is 3. The summed E-state index contributed by atoms with van der Waals surface area (Å²) in [6.45, 7) is 17.3. The van der Waals surface area contributed by atoms with Gasteiger partial charge in [-0.05, 0) is 102 Å². The lowest BCUT2D eigenvalue weighted by Crippen LogP contribution is -2.42. The highest BCUT2D eigenvalue weighted by Crippen LogP contribution is 2.46. The first-order valence-electron chi connectivity index (χ1n) is 18.2. The van der Waals surface area contributed by atoms with Gasteiger partial charge in [-0.1, -0.05) is 63.5 Å². The van der Waals surface area contributed by atoms with Crippen molar-refractivity contribution in [3.63, 3.8) is 0 Å². The highest BCUT2D eigenvalue weighted by atomic mass is 32.2. The maximum Gasteiger partial charge on any atom is 0.336 e. The number of hydrogen-bond acceptors (Lipinski definition) is 7. The molecule has 0 aliphatic carbocycles. The molecule has 2 heterocycles. The summed E-state index contributed by atoms with van der Waals surface area (Å²) in [6, 6.07) is 12.0. The molecular weight excluding hydrogens is 719 g/mol. The van der Waals surface area contributed by atoms with Gasteiger partial charge in [-0.2, -0.15) is 8.42 Å². The normalized spacial score (nSPS) is 14.8. The van der Waals surface area contributed by atoms with Gasteiger partial charge in [-0.25, -0.2) is 4.79 Å². The number of ether oxygens (including phenoxy) is 1. The number of fused-ring (bicyclic) bond motifs is 3. The number of anilines is 1. The number of carbonyl (C=O) groups excluding carboxylic acids is 1. The van der Waals surface area contributed by atoms with Gasteiger partial charge in [0.2, 0.25) is 0 Å². The van der Waals surface area contributed by atoms with Crippen LogP contribution in [0.1, 0.15) is 110 Å². The first kappa shape index (κ1) is 40.8. The predicted molar refractivity (Wildman–Crippen MR) is 218 cm³/mol. The lowest BCUT2D eigenvalue weighted by molar-refractivity contribution is 0.0696. The van der Waals surface area contributed by atoms with Crippen LogP contribution in [0.3, 0.4) is 0 Å². The van der Waals surface area contributed by atoms with Gasteiger partial charge in [0.05, 0.1) is 11.1 Å². The van der Waals surface area contributed by atoms with E-state index in [0.29, 0.717) is 69.8 Å². The highest BCUT2D eigenvalue weighted by Gasteiger charge is 2.35. The maximum atomic E-state index is 13.3. The minimum absolute atomic E-state index is 0.105. The van der Waals surface area contributed by atoms with Crippen LogP contribution in [-0.4, -0.2) is 61.4 Å². The van der Waals surface area contributed by atoms with Crippen LogP contribution in [0, 0.1) is 5.41 Å². The van der Waals surface area contributed by atoms with Gasteiger partial charge in [-0.15, -0.1) is 0 Å². The molecule has 0 aromatic heterocycles. The Morgan fingerprint density at radius 1 is 1.02 bits per heavy atom. The molecule has 1 amide bonds. The summed E-state index contributed by atoms with van der Waals surface area (Å²) < 4.78 is 41.1. The summed E-state index contributed by atoms with van der Waals surface area (Å²) in [4.78, 5) is 31.1. The first-order chi connectivity index (χ1) is 25.7. The summed E-state index contributed by atoms with van der Waals surface area (Å²) in [7, 11) is -2.53. The molecule has 0 spiro atoms. The van der Waals surface area contributed by atoms with Crippen molar-refractivity contribution in [1.29, 1.82) is 0 Å². The number of aromatic carboxylic acids is 1. The summed E-state index contributed by atoms with van der Waals surface area (Å²) in [5.74, 6) is -1.38. The van der Waals surface area contributed by atoms with Crippen molar-refractivity contribution >= 4 is 51.0 Å². The van der Waals surface area contributed by atoms with E-state index < -0.39 is 33.3 Å². The van der Waals surface area contributed by atoms with Crippen molar-refractivity contribution in [3.05, 3.63) is 109 Å². The number of carbonyl (C=O) groups is 2. The van der Waals surface area contributed by atoms with E-state index in [1.807, 2.05) is 50.9 Å². The molecule has 0 bridgehead atoms. The molecule has 290 valence electrons. The number of amides is 1. The molecule has 3 N–H and O–H groups in total. The second-order valence-corrected chi connectivity index (χ2v) is 17.3. The molecule has 0 saturated carbocycles. The molecule has 12 nitrogen and oxygen atoms in total. The number of hydrogen-bond donors (Lipinski definition) is 3. The van der Waals surface area contributed by atoms with Gasteiger partial charge < -0.3 is 20.1 Å². The molecule has 0 radical (unpaired) electrons. The largest absolute Gasteiger partial charge is 0.478 e. The summed E-state index contributed by atoms with van der Waals surface area (Å²) in [5, 5.41) is 18.4. The van der Waals surface area contributed by atoms with Crippen molar-refractivity contribution in [2.75, 3.05) is 30.8 Å². The van der Waals surface area contributed by atoms with Gasteiger partial charge in [0, 0.05) is 64.3 Å². The van der Waals surface area contributed by atoms with Crippen LogP contribution in [0.2, 0.25) is 0 Å². The van der Waals surface area contributed by atoms with Gasteiger partial charge in [0.25, 0.3) is 16.0 Å². The van der Waals surface area contributed by atoms with Gasteiger partial charge in [-0.3, -0.25) is 9.35 Å². The quantitative estimate of drug-likeness (QED) is 0.0407. The average molecular weight is 768 g/mol. The third-order valence-electron chi connectivity index (χ3n) is 9.89.